The van der Waals surface area contributed by atoms with Crippen molar-refractivity contribution in [3.05, 3.63) is 50.4 Å². The molecule has 0 fully saturated rings. The predicted molar refractivity (Wildman–Crippen MR) is 60.4 cm³/mol. The van der Waals surface area contributed by atoms with Crippen LogP contribution in [-0.4, -0.2) is 19.3 Å². The number of halogens is 3. The van der Waals surface area contributed by atoms with E-state index in [9.17, 15) is 28.1 Å². The smallest absolute Gasteiger partial charge is 0.258 e. The first-order valence-corrected chi connectivity index (χ1v) is 5.23. The van der Waals surface area contributed by atoms with Crippen molar-refractivity contribution < 1.29 is 18.1 Å². The van der Waals surface area contributed by atoms with E-state index in [4.69, 9.17) is 0 Å². The summed E-state index contributed by atoms with van der Waals surface area (Å²) in [5.41, 5.74) is -2.20. The van der Waals surface area contributed by atoms with E-state index in [2.05, 4.69) is 5.10 Å². The highest BCUT2D eigenvalue weighted by Gasteiger charge is 2.21. The number of aryl methyl sites for hydroxylation is 1. The molecule has 0 unspecified atom stereocenters. The van der Waals surface area contributed by atoms with Crippen LogP contribution in [-0.2, 0) is 0 Å². The molecule has 0 aliphatic rings. The third-order valence-corrected chi connectivity index (χ3v) is 2.55. The molecule has 20 heavy (non-hydrogen) atoms. The molecule has 0 amide bonds. The number of alkyl halides is 2. The van der Waals surface area contributed by atoms with E-state index >= 15 is 0 Å². The fourth-order valence-corrected chi connectivity index (χ4v) is 1.64. The number of rotatable bonds is 3. The van der Waals surface area contributed by atoms with Crippen molar-refractivity contribution in [2.45, 2.75) is 13.5 Å². The molecular formula is C10H7F3N4O3. The average molecular weight is 288 g/mol. The van der Waals surface area contributed by atoms with Gasteiger partial charge in [0.2, 0.25) is 0 Å². The second-order valence-electron chi connectivity index (χ2n) is 3.78. The van der Waals surface area contributed by atoms with Crippen molar-refractivity contribution in [3.8, 4) is 5.69 Å². The molecule has 0 spiro atoms. The van der Waals surface area contributed by atoms with E-state index in [0.29, 0.717) is 10.7 Å². The number of hydrogen-bond acceptors (Lipinski definition) is 4. The molecule has 0 N–H and O–H groups in total. The van der Waals surface area contributed by atoms with Gasteiger partial charge in [0, 0.05) is 6.07 Å². The van der Waals surface area contributed by atoms with Gasteiger partial charge in [-0.2, -0.15) is 13.5 Å². The van der Waals surface area contributed by atoms with Crippen LogP contribution in [0.15, 0.2) is 23.0 Å². The van der Waals surface area contributed by atoms with Gasteiger partial charge < -0.3 is 0 Å². The lowest BCUT2D eigenvalue weighted by Gasteiger charge is -2.01. The van der Waals surface area contributed by atoms with Gasteiger partial charge in [-0.05, 0) is 13.0 Å². The van der Waals surface area contributed by atoms with Crippen LogP contribution in [0.1, 0.15) is 12.4 Å². The fourth-order valence-electron chi connectivity index (χ4n) is 1.64. The van der Waals surface area contributed by atoms with Crippen molar-refractivity contribution in [1.29, 1.82) is 0 Å². The highest BCUT2D eigenvalue weighted by molar-refractivity contribution is 5.41. The van der Waals surface area contributed by atoms with Gasteiger partial charge in [0.1, 0.15) is 11.5 Å². The molecule has 2 aromatic rings. The lowest BCUT2D eigenvalue weighted by atomic mass is 10.3. The van der Waals surface area contributed by atoms with Crippen LogP contribution in [0.25, 0.3) is 5.69 Å². The normalized spacial score (nSPS) is 11.1. The second kappa shape index (κ2) is 4.79. The van der Waals surface area contributed by atoms with E-state index in [-0.39, 0.29) is 10.4 Å². The van der Waals surface area contributed by atoms with Gasteiger partial charge in [0.25, 0.3) is 5.69 Å². The number of aromatic nitrogens is 3. The number of benzene rings is 1. The Labute approximate surface area is 109 Å². The lowest BCUT2D eigenvalue weighted by molar-refractivity contribution is -0.385. The maximum Gasteiger partial charge on any atom is 0.355 e. The minimum Gasteiger partial charge on any atom is -0.258 e. The van der Waals surface area contributed by atoms with Crippen LogP contribution < -0.4 is 5.69 Å². The van der Waals surface area contributed by atoms with Gasteiger partial charge in [-0.15, -0.1) is 5.10 Å². The Hall–Kier alpha value is -2.65. The highest BCUT2D eigenvalue weighted by Crippen LogP contribution is 2.19. The molecule has 106 valence electrons. The number of nitrogens with zero attached hydrogens (tertiary/aromatic N) is 4. The Morgan fingerprint density at radius 3 is 2.50 bits per heavy atom. The maximum atomic E-state index is 13.7. The zero-order valence-corrected chi connectivity index (χ0v) is 9.96. The van der Waals surface area contributed by atoms with E-state index < -0.39 is 34.4 Å². The highest BCUT2D eigenvalue weighted by atomic mass is 19.3. The Kier molecular flexibility index (Phi) is 3.30. The van der Waals surface area contributed by atoms with Gasteiger partial charge in [-0.3, -0.25) is 10.1 Å². The van der Waals surface area contributed by atoms with Gasteiger partial charge in [-0.1, -0.05) is 0 Å². The molecule has 0 bridgehead atoms. The van der Waals surface area contributed by atoms with Crippen molar-refractivity contribution in [2.24, 2.45) is 0 Å². The summed E-state index contributed by atoms with van der Waals surface area (Å²) in [6.45, 7) is -1.95. The topological polar surface area (TPSA) is 83.0 Å². The summed E-state index contributed by atoms with van der Waals surface area (Å²) in [5.74, 6) is -1.41. The minimum atomic E-state index is -3.11. The van der Waals surface area contributed by atoms with Crippen LogP contribution in [0.5, 0.6) is 0 Å². The molecule has 1 heterocycles. The zero-order valence-electron chi connectivity index (χ0n) is 9.96. The first-order chi connectivity index (χ1) is 9.32. The standard InChI is InChI=1S/C10H7F3N4O3/c1-5-14-16(10(18)15(5)9(12)13)8-3-2-6(17(19)20)4-7(8)11/h2-4,9H,1H3. The van der Waals surface area contributed by atoms with Crippen LogP contribution in [0.3, 0.4) is 0 Å². The summed E-state index contributed by atoms with van der Waals surface area (Å²) in [6, 6.07) is 2.46. The predicted octanol–water partition coefficient (Wildman–Crippen LogP) is 1.78. The molecule has 0 aliphatic heterocycles. The van der Waals surface area contributed by atoms with Crippen LogP contribution in [0, 0.1) is 22.9 Å². The summed E-state index contributed by atoms with van der Waals surface area (Å²) < 4.78 is 39.5. The van der Waals surface area contributed by atoms with E-state index in [1.165, 1.54) is 0 Å². The van der Waals surface area contributed by atoms with Crippen molar-refractivity contribution in [1.82, 2.24) is 14.3 Å². The largest absolute Gasteiger partial charge is 0.355 e. The first-order valence-electron chi connectivity index (χ1n) is 5.23. The van der Waals surface area contributed by atoms with E-state index in [0.717, 1.165) is 19.1 Å². The summed E-state index contributed by atoms with van der Waals surface area (Å²) in [7, 11) is 0. The number of nitro benzene ring substituents is 1. The average Bonchev–Trinajstić information content (AvgIpc) is 2.64. The lowest BCUT2D eigenvalue weighted by Crippen LogP contribution is -2.25. The molecule has 2 rings (SSSR count). The van der Waals surface area contributed by atoms with Gasteiger partial charge in [0.15, 0.2) is 5.82 Å². The summed E-state index contributed by atoms with van der Waals surface area (Å²) in [4.78, 5) is 21.3. The summed E-state index contributed by atoms with van der Waals surface area (Å²) in [6.07, 6.45) is 0. The molecule has 1 aromatic heterocycles. The summed E-state index contributed by atoms with van der Waals surface area (Å²) in [5, 5.41) is 14.0. The van der Waals surface area contributed by atoms with Crippen molar-refractivity contribution >= 4 is 5.69 Å². The quantitative estimate of drug-likeness (QED) is 0.636. The molecule has 0 saturated heterocycles. The van der Waals surface area contributed by atoms with Crippen LogP contribution >= 0.6 is 0 Å². The second-order valence-corrected chi connectivity index (χ2v) is 3.78. The third kappa shape index (κ3) is 2.15. The molecule has 0 saturated carbocycles. The number of nitro groups is 1. The van der Waals surface area contributed by atoms with Crippen LogP contribution in [0.4, 0.5) is 18.9 Å². The van der Waals surface area contributed by atoms with Gasteiger partial charge in [-0.25, -0.2) is 13.8 Å². The van der Waals surface area contributed by atoms with E-state index in [1.54, 1.807) is 0 Å². The third-order valence-electron chi connectivity index (χ3n) is 2.55. The SMILES string of the molecule is Cc1nn(-c2ccc([N+](=O)[O-])cc2F)c(=O)n1C(F)F. The Morgan fingerprint density at radius 2 is 2.05 bits per heavy atom. The Morgan fingerprint density at radius 1 is 1.40 bits per heavy atom. The van der Waals surface area contributed by atoms with Crippen LogP contribution in [0.2, 0.25) is 0 Å². The fraction of sp³-hybridized carbons (Fsp3) is 0.200. The molecule has 0 radical (unpaired) electrons. The van der Waals surface area contributed by atoms with E-state index in [1.807, 2.05) is 0 Å². The minimum absolute atomic E-state index is 0.0842. The summed E-state index contributed by atoms with van der Waals surface area (Å²) >= 11 is 0. The number of hydrogen-bond donors (Lipinski definition) is 0. The Balaban J connectivity index is 2.61. The number of non-ortho nitro benzene ring substituents is 1. The van der Waals surface area contributed by atoms with Gasteiger partial charge in [0.05, 0.1) is 11.0 Å². The van der Waals surface area contributed by atoms with Crippen molar-refractivity contribution in [3.63, 3.8) is 0 Å². The Bertz CT molecular complexity index is 738. The molecular weight excluding hydrogens is 281 g/mol. The molecule has 7 nitrogen and oxygen atoms in total. The maximum absolute atomic E-state index is 13.7. The molecule has 1 aromatic carbocycles. The molecule has 0 aliphatic carbocycles. The molecule has 0 atom stereocenters. The van der Waals surface area contributed by atoms with Gasteiger partial charge >= 0.3 is 12.2 Å². The first kappa shape index (κ1) is 13.8. The van der Waals surface area contributed by atoms with Crippen molar-refractivity contribution in [2.75, 3.05) is 0 Å². The monoisotopic (exact) mass is 288 g/mol. The zero-order chi connectivity index (χ0) is 15.0. The molecule has 10 heteroatoms.